The van der Waals surface area contributed by atoms with E-state index in [-0.39, 0.29) is 10.8 Å². The van der Waals surface area contributed by atoms with E-state index in [1.807, 2.05) is 18.2 Å². The van der Waals surface area contributed by atoms with Crippen LogP contribution in [0.3, 0.4) is 0 Å². The van der Waals surface area contributed by atoms with E-state index >= 15 is 0 Å². The molecule has 6 heteroatoms. The normalized spacial score (nSPS) is 42.7. The van der Waals surface area contributed by atoms with Crippen molar-refractivity contribution >= 4 is 17.7 Å². The largest absolute Gasteiger partial charge is 0.481 e. The molecule has 3 aliphatic carbocycles. The maximum Gasteiger partial charge on any atom is 0.414 e. The summed E-state index contributed by atoms with van der Waals surface area (Å²) in [5.41, 5.74) is 1.06. The minimum absolute atomic E-state index is 0.0544. The van der Waals surface area contributed by atoms with Crippen LogP contribution in [-0.4, -0.2) is 53.8 Å². The first-order valence-corrected chi connectivity index (χ1v) is 10.5. The van der Waals surface area contributed by atoms with Gasteiger partial charge in [0, 0.05) is 11.5 Å². The van der Waals surface area contributed by atoms with E-state index in [0.29, 0.717) is 12.5 Å². The van der Waals surface area contributed by atoms with Crippen molar-refractivity contribution < 1.29 is 19.4 Å². The van der Waals surface area contributed by atoms with E-state index in [2.05, 4.69) is 11.0 Å². The maximum absolute atomic E-state index is 13.1. The van der Waals surface area contributed by atoms with Crippen molar-refractivity contribution in [2.24, 2.45) is 11.3 Å². The topological polar surface area (TPSA) is 70.1 Å². The summed E-state index contributed by atoms with van der Waals surface area (Å²) in [5.74, 6) is -1.32. The molecule has 5 atom stereocenters. The Kier molecular flexibility index (Phi) is 3.06. The Morgan fingerprint density at radius 3 is 2.75 bits per heavy atom. The lowest BCUT2D eigenvalue weighted by Crippen LogP contribution is -2.79. The van der Waals surface area contributed by atoms with Crippen molar-refractivity contribution in [3.8, 4) is 0 Å². The molecule has 1 aromatic rings. The first kappa shape index (κ1) is 16.8. The van der Waals surface area contributed by atoms with Crippen LogP contribution in [-0.2, 0) is 14.9 Å². The summed E-state index contributed by atoms with van der Waals surface area (Å²) >= 11 is 0. The predicted octanol–water partition coefficient (Wildman–Crippen LogP) is 3.00. The highest BCUT2D eigenvalue weighted by Gasteiger charge is 2.81. The number of benzene rings is 1. The highest BCUT2D eigenvalue weighted by Crippen LogP contribution is 2.75. The number of piperidine rings is 1. The zero-order valence-corrected chi connectivity index (χ0v) is 16.2. The molecule has 3 spiro atoms. The molecule has 0 aromatic heterocycles. The van der Waals surface area contributed by atoms with Gasteiger partial charge in [-0.15, -0.1) is 0 Å². The van der Waals surface area contributed by atoms with Crippen LogP contribution in [0.25, 0.3) is 0 Å². The Labute approximate surface area is 164 Å². The fraction of sp³-hybridized carbons (Fsp3) is 0.636. The molecule has 6 aliphatic rings. The number of methoxy groups -OCH3 is 1. The fourth-order valence-corrected chi connectivity index (χ4v) is 8.46. The van der Waals surface area contributed by atoms with Gasteiger partial charge in [0.1, 0.15) is 0 Å². The van der Waals surface area contributed by atoms with Crippen LogP contribution in [0.15, 0.2) is 24.3 Å². The quantitative estimate of drug-likeness (QED) is 0.809. The first-order valence-electron chi connectivity index (χ1n) is 10.5. The molecule has 3 saturated carbocycles. The SMILES string of the molecule is COC(=O)N1c2ccccc2C23CCN4CCCC5(CCC12C(C(=O)O)C5)C43. The van der Waals surface area contributed by atoms with Crippen LogP contribution < -0.4 is 4.90 Å². The summed E-state index contributed by atoms with van der Waals surface area (Å²) in [6.45, 7) is 2.08. The van der Waals surface area contributed by atoms with Gasteiger partial charge >= 0.3 is 12.1 Å². The van der Waals surface area contributed by atoms with Crippen molar-refractivity contribution in [3.63, 3.8) is 0 Å². The Morgan fingerprint density at radius 2 is 1.96 bits per heavy atom. The number of fused-ring (bicyclic) bond motifs is 3. The third-order valence-corrected chi connectivity index (χ3v) is 8.97. The van der Waals surface area contributed by atoms with Crippen LogP contribution in [0.5, 0.6) is 0 Å². The van der Waals surface area contributed by atoms with Gasteiger partial charge in [-0.05, 0) is 68.7 Å². The Balaban J connectivity index is 1.70. The summed E-state index contributed by atoms with van der Waals surface area (Å²) < 4.78 is 5.23. The van der Waals surface area contributed by atoms with E-state index < -0.39 is 23.5 Å². The average Bonchev–Trinajstić information content (AvgIpc) is 3.23. The van der Waals surface area contributed by atoms with Gasteiger partial charge in [-0.1, -0.05) is 18.2 Å². The van der Waals surface area contributed by atoms with E-state index in [1.165, 1.54) is 12.7 Å². The number of carboxylic acids is 1. The van der Waals surface area contributed by atoms with Gasteiger partial charge in [0.2, 0.25) is 0 Å². The lowest BCUT2D eigenvalue weighted by Gasteiger charge is -2.69. The van der Waals surface area contributed by atoms with Crippen LogP contribution in [0.1, 0.15) is 44.1 Å². The number of amides is 1. The number of carbonyl (C=O) groups is 2. The smallest absolute Gasteiger partial charge is 0.414 e. The van der Waals surface area contributed by atoms with Crippen molar-refractivity contribution in [1.29, 1.82) is 0 Å². The minimum Gasteiger partial charge on any atom is -0.481 e. The lowest BCUT2D eigenvalue weighted by atomic mass is 9.38. The van der Waals surface area contributed by atoms with E-state index in [0.717, 1.165) is 50.9 Å². The number of rotatable bonds is 1. The van der Waals surface area contributed by atoms with Crippen LogP contribution >= 0.6 is 0 Å². The molecule has 148 valence electrons. The zero-order chi connectivity index (χ0) is 19.3. The molecule has 2 saturated heterocycles. The molecule has 5 fully saturated rings. The van der Waals surface area contributed by atoms with Gasteiger partial charge in [-0.25, -0.2) is 4.79 Å². The third-order valence-electron chi connectivity index (χ3n) is 8.97. The molecule has 3 heterocycles. The van der Waals surface area contributed by atoms with Crippen LogP contribution in [0.4, 0.5) is 10.5 Å². The van der Waals surface area contributed by atoms with Crippen molar-refractivity contribution in [1.82, 2.24) is 4.90 Å². The summed E-state index contributed by atoms with van der Waals surface area (Å²) in [5, 5.41) is 10.4. The molecule has 1 amide bonds. The molecular formula is C22H26N2O4. The Hall–Kier alpha value is -2.08. The lowest BCUT2D eigenvalue weighted by molar-refractivity contribution is -0.171. The second kappa shape index (κ2) is 5.09. The summed E-state index contributed by atoms with van der Waals surface area (Å²) in [4.78, 5) is 30.1. The van der Waals surface area contributed by atoms with Gasteiger partial charge in [-0.2, -0.15) is 0 Å². The highest BCUT2D eigenvalue weighted by molar-refractivity contribution is 5.96. The Bertz CT molecular complexity index is 902. The van der Waals surface area contributed by atoms with E-state index in [1.54, 1.807) is 4.90 Å². The number of hydrogen-bond donors (Lipinski definition) is 1. The third kappa shape index (κ3) is 1.52. The number of nitrogens with zero attached hydrogens (tertiary/aromatic N) is 2. The number of hydrogen-bond acceptors (Lipinski definition) is 4. The number of carboxylic acid groups (broad SMARTS) is 1. The summed E-state index contributed by atoms with van der Waals surface area (Å²) in [6.07, 6.45) is 5.18. The number of ether oxygens (including phenoxy) is 1. The second-order valence-electron chi connectivity index (χ2n) is 9.47. The number of aliphatic carboxylic acids is 1. The van der Waals surface area contributed by atoms with Crippen LogP contribution in [0, 0.1) is 11.3 Å². The molecule has 28 heavy (non-hydrogen) atoms. The standard InChI is InChI=1S/C22H26N2O4/c1-28-19(27)24-16-6-3-2-5-14(16)21-10-12-23-11-4-7-20(18(21)23)8-9-22(21,24)15(13-20)17(25)26/h2-3,5-6,15,18H,4,7-13H2,1H3,(H,25,26). The van der Waals surface area contributed by atoms with Crippen molar-refractivity contribution in [2.75, 3.05) is 25.1 Å². The second-order valence-corrected chi connectivity index (χ2v) is 9.47. The van der Waals surface area contributed by atoms with E-state index in [4.69, 9.17) is 4.74 Å². The molecule has 5 unspecified atom stereocenters. The van der Waals surface area contributed by atoms with Crippen molar-refractivity contribution in [2.45, 2.75) is 55.5 Å². The average molecular weight is 382 g/mol. The molecule has 2 bridgehead atoms. The number of carbonyl (C=O) groups excluding carboxylic acids is 1. The van der Waals surface area contributed by atoms with Crippen LogP contribution in [0.2, 0.25) is 0 Å². The molecular weight excluding hydrogens is 356 g/mol. The number of para-hydroxylation sites is 1. The molecule has 1 N–H and O–H groups in total. The van der Waals surface area contributed by atoms with Gasteiger partial charge < -0.3 is 9.84 Å². The number of anilines is 1. The monoisotopic (exact) mass is 382 g/mol. The predicted molar refractivity (Wildman–Crippen MR) is 102 cm³/mol. The molecule has 1 aromatic carbocycles. The van der Waals surface area contributed by atoms with E-state index in [9.17, 15) is 14.7 Å². The molecule has 6 nitrogen and oxygen atoms in total. The van der Waals surface area contributed by atoms with Gasteiger partial charge in [0.05, 0.1) is 24.3 Å². The first-order chi connectivity index (χ1) is 13.5. The van der Waals surface area contributed by atoms with Crippen molar-refractivity contribution in [3.05, 3.63) is 29.8 Å². The van der Waals surface area contributed by atoms with Gasteiger partial charge in [0.25, 0.3) is 0 Å². The highest BCUT2D eigenvalue weighted by atomic mass is 16.5. The summed E-state index contributed by atoms with van der Waals surface area (Å²) in [7, 11) is 1.40. The Morgan fingerprint density at radius 1 is 1.14 bits per heavy atom. The minimum atomic E-state index is -0.761. The zero-order valence-electron chi connectivity index (χ0n) is 16.2. The van der Waals surface area contributed by atoms with Gasteiger partial charge in [0.15, 0.2) is 0 Å². The summed E-state index contributed by atoms with van der Waals surface area (Å²) in [6, 6.07) is 8.45. The molecule has 7 rings (SSSR count). The molecule has 3 aliphatic heterocycles. The fourth-order valence-electron chi connectivity index (χ4n) is 8.46. The molecule has 0 radical (unpaired) electrons. The maximum atomic E-state index is 13.1. The van der Waals surface area contributed by atoms with Gasteiger partial charge in [-0.3, -0.25) is 14.6 Å².